The predicted octanol–water partition coefficient (Wildman–Crippen LogP) is 5.40. The number of aromatic amines is 1. The molecular formula is C18H11ClF6N4O3. The van der Waals surface area contributed by atoms with Gasteiger partial charge in [-0.3, -0.25) is 9.78 Å². The summed E-state index contributed by atoms with van der Waals surface area (Å²) in [5.41, 5.74) is -4.52. The zero-order valence-corrected chi connectivity index (χ0v) is 16.5. The molecule has 1 aromatic carbocycles. The van der Waals surface area contributed by atoms with Crippen LogP contribution in [0, 0.1) is 0 Å². The van der Waals surface area contributed by atoms with Gasteiger partial charge in [0.25, 0.3) is 5.56 Å². The van der Waals surface area contributed by atoms with Crippen LogP contribution in [0.3, 0.4) is 0 Å². The van der Waals surface area contributed by atoms with Crippen molar-refractivity contribution in [3.05, 3.63) is 63.0 Å². The molecule has 0 unspecified atom stereocenters. The fraction of sp³-hybridized carbons (Fsp3) is 0.167. The number of alkyl halides is 6. The number of rotatable bonds is 5. The predicted molar refractivity (Wildman–Crippen MR) is 100 cm³/mol. The molecule has 170 valence electrons. The van der Waals surface area contributed by atoms with Crippen molar-refractivity contribution in [1.29, 1.82) is 0 Å². The number of methoxy groups -OCH3 is 1. The van der Waals surface area contributed by atoms with E-state index in [1.165, 1.54) is 25.3 Å². The third kappa shape index (κ3) is 5.22. The van der Waals surface area contributed by atoms with Crippen molar-refractivity contribution in [1.82, 2.24) is 15.0 Å². The monoisotopic (exact) mass is 480 g/mol. The summed E-state index contributed by atoms with van der Waals surface area (Å²) in [7, 11) is 1.32. The summed E-state index contributed by atoms with van der Waals surface area (Å²) in [4.78, 5) is 21.5. The molecule has 0 fully saturated rings. The third-order valence-corrected chi connectivity index (χ3v) is 4.12. The molecule has 0 radical (unpaired) electrons. The minimum atomic E-state index is -5.18. The Balaban J connectivity index is 2.03. The van der Waals surface area contributed by atoms with Gasteiger partial charge in [0.1, 0.15) is 11.6 Å². The van der Waals surface area contributed by atoms with Crippen molar-refractivity contribution in [2.45, 2.75) is 12.4 Å². The molecule has 14 heteroatoms. The van der Waals surface area contributed by atoms with Crippen LogP contribution in [-0.4, -0.2) is 22.1 Å². The summed E-state index contributed by atoms with van der Waals surface area (Å²) in [6.07, 6.45) is -10.1. The number of hydrogen-bond donors (Lipinski definition) is 2. The van der Waals surface area contributed by atoms with Gasteiger partial charge in [-0.05, 0) is 24.3 Å². The number of benzene rings is 1. The number of H-pyrrole nitrogens is 1. The van der Waals surface area contributed by atoms with Gasteiger partial charge in [0.05, 0.1) is 17.7 Å². The SMILES string of the molecule is COc1cccc(Nc2nc(C(F)(F)F)c(Oc3ccc(Cl)c(C(F)(F)F)c3)c(=O)[nH]2)n1. The quantitative estimate of drug-likeness (QED) is 0.475. The molecule has 7 nitrogen and oxygen atoms in total. The molecule has 0 saturated carbocycles. The lowest BCUT2D eigenvalue weighted by atomic mass is 10.2. The lowest BCUT2D eigenvalue weighted by Gasteiger charge is -2.15. The highest BCUT2D eigenvalue weighted by Crippen LogP contribution is 2.39. The number of nitrogens with one attached hydrogen (secondary N) is 2. The number of nitrogens with zero attached hydrogens (tertiary/aromatic N) is 2. The highest BCUT2D eigenvalue weighted by molar-refractivity contribution is 6.31. The number of pyridine rings is 1. The Hall–Kier alpha value is -3.48. The zero-order chi connectivity index (χ0) is 23.7. The number of anilines is 2. The third-order valence-electron chi connectivity index (χ3n) is 3.79. The maximum atomic E-state index is 13.5. The van der Waals surface area contributed by atoms with E-state index in [-0.39, 0.29) is 11.7 Å². The molecule has 32 heavy (non-hydrogen) atoms. The number of hydrogen-bond acceptors (Lipinski definition) is 6. The van der Waals surface area contributed by atoms with Gasteiger partial charge in [0.2, 0.25) is 17.6 Å². The van der Waals surface area contributed by atoms with Gasteiger partial charge < -0.3 is 14.8 Å². The smallest absolute Gasteiger partial charge is 0.437 e. The van der Waals surface area contributed by atoms with Gasteiger partial charge in [-0.15, -0.1) is 0 Å². The summed E-state index contributed by atoms with van der Waals surface area (Å²) in [5.74, 6) is -2.55. The van der Waals surface area contributed by atoms with E-state index in [0.29, 0.717) is 6.07 Å². The van der Waals surface area contributed by atoms with Crippen molar-refractivity contribution in [2.24, 2.45) is 0 Å². The molecule has 0 spiro atoms. The Kier molecular flexibility index (Phi) is 6.21. The van der Waals surface area contributed by atoms with E-state index in [9.17, 15) is 31.1 Å². The summed E-state index contributed by atoms with van der Waals surface area (Å²) < 4.78 is 89.4. The van der Waals surface area contributed by atoms with Crippen LogP contribution in [0.2, 0.25) is 5.02 Å². The van der Waals surface area contributed by atoms with Crippen molar-refractivity contribution in [2.75, 3.05) is 12.4 Å². The molecule has 0 aliphatic rings. The molecule has 3 aromatic rings. The van der Waals surface area contributed by atoms with Crippen LogP contribution in [0.4, 0.5) is 38.1 Å². The molecule has 0 aliphatic carbocycles. The number of aromatic nitrogens is 3. The molecule has 0 aliphatic heterocycles. The lowest BCUT2D eigenvalue weighted by molar-refractivity contribution is -0.142. The molecule has 0 bridgehead atoms. The Labute approximate surface area is 180 Å². The summed E-state index contributed by atoms with van der Waals surface area (Å²) in [6, 6.07) is 6.34. The van der Waals surface area contributed by atoms with Crippen molar-refractivity contribution in [3.8, 4) is 17.4 Å². The topological polar surface area (TPSA) is 89.1 Å². The first-order valence-corrected chi connectivity index (χ1v) is 8.80. The second kappa shape index (κ2) is 8.57. The van der Waals surface area contributed by atoms with Gasteiger partial charge in [0, 0.05) is 6.07 Å². The fourth-order valence-electron chi connectivity index (χ4n) is 2.43. The zero-order valence-electron chi connectivity index (χ0n) is 15.7. The normalized spacial score (nSPS) is 11.9. The van der Waals surface area contributed by atoms with E-state index in [4.69, 9.17) is 21.1 Å². The van der Waals surface area contributed by atoms with Crippen LogP contribution in [-0.2, 0) is 12.4 Å². The van der Waals surface area contributed by atoms with Crippen LogP contribution < -0.4 is 20.3 Å². The van der Waals surface area contributed by atoms with E-state index in [1.54, 1.807) is 0 Å². The first-order chi connectivity index (χ1) is 14.9. The van der Waals surface area contributed by atoms with Gasteiger partial charge in [-0.2, -0.15) is 31.3 Å². The summed E-state index contributed by atoms with van der Waals surface area (Å²) in [6.45, 7) is 0. The first-order valence-electron chi connectivity index (χ1n) is 8.42. The van der Waals surface area contributed by atoms with E-state index in [1.807, 2.05) is 4.98 Å². The maximum absolute atomic E-state index is 13.5. The molecule has 3 rings (SSSR count). The maximum Gasteiger partial charge on any atom is 0.437 e. The lowest BCUT2D eigenvalue weighted by Crippen LogP contribution is -2.21. The van der Waals surface area contributed by atoms with Crippen LogP contribution in [0.25, 0.3) is 0 Å². The minimum absolute atomic E-state index is 0.00168. The van der Waals surface area contributed by atoms with E-state index in [2.05, 4.69) is 15.3 Å². The van der Waals surface area contributed by atoms with Crippen molar-refractivity contribution < 1.29 is 35.8 Å². The molecular weight excluding hydrogens is 470 g/mol. The Morgan fingerprint density at radius 2 is 1.75 bits per heavy atom. The van der Waals surface area contributed by atoms with Crippen LogP contribution in [0.15, 0.2) is 41.2 Å². The largest absolute Gasteiger partial charge is 0.481 e. The van der Waals surface area contributed by atoms with Crippen molar-refractivity contribution >= 4 is 23.4 Å². The first kappa shape index (κ1) is 23.2. The number of ether oxygens (including phenoxy) is 2. The van der Waals surface area contributed by atoms with Gasteiger partial charge in [0.15, 0.2) is 5.69 Å². The molecule has 2 heterocycles. The van der Waals surface area contributed by atoms with Crippen LogP contribution >= 0.6 is 11.6 Å². The Morgan fingerprint density at radius 1 is 1.03 bits per heavy atom. The molecule has 0 saturated heterocycles. The summed E-state index contributed by atoms with van der Waals surface area (Å²) in [5, 5.41) is 1.68. The molecule has 2 aromatic heterocycles. The number of halogens is 7. The van der Waals surface area contributed by atoms with Gasteiger partial charge in [-0.1, -0.05) is 17.7 Å². The Morgan fingerprint density at radius 3 is 2.38 bits per heavy atom. The fourth-order valence-corrected chi connectivity index (χ4v) is 2.66. The standard InChI is InChI=1S/C18H11ClF6N4O3/c1-31-12-4-2-3-11(26-12)27-16-28-14(18(23,24)25)13(15(30)29-16)32-8-5-6-10(19)9(7-8)17(20,21)22/h2-7H,1H3,(H2,26,27,28,29,30). The van der Waals surface area contributed by atoms with Crippen LogP contribution in [0.1, 0.15) is 11.3 Å². The van der Waals surface area contributed by atoms with E-state index >= 15 is 0 Å². The average molecular weight is 481 g/mol. The second-order valence-corrected chi connectivity index (χ2v) is 6.43. The molecule has 0 atom stereocenters. The minimum Gasteiger partial charge on any atom is -0.481 e. The van der Waals surface area contributed by atoms with Crippen molar-refractivity contribution in [3.63, 3.8) is 0 Å². The second-order valence-electron chi connectivity index (χ2n) is 6.02. The average Bonchev–Trinajstić information content (AvgIpc) is 2.69. The summed E-state index contributed by atoms with van der Waals surface area (Å²) >= 11 is 5.48. The van der Waals surface area contributed by atoms with E-state index < -0.39 is 51.6 Å². The van der Waals surface area contributed by atoms with Crippen LogP contribution in [0.5, 0.6) is 17.4 Å². The van der Waals surface area contributed by atoms with Gasteiger partial charge >= 0.3 is 12.4 Å². The molecule has 2 N–H and O–H groups in total. The van der Waals surface area contributed by atoms with E-state index in [0.717, 1.165) is 12.1 Å². The highest BCUT2D eigenvalue weighted by atomic mass is 35.5. The molecule has 0 amide bonds. The highest BCUT2D eigenvalue weighted by Gasteiger charge is 2.39. The Bertz CT molecular complexity index is 1200. The van der Waals surface area contributed by atoms with Gasteiger partial charge in [-0.25, -0.2) is 4.98 Å².